The molecule has 2 aromatic heterocycles. The number of halogens is 4. The highest BCUT2D eigenvalue weighted by Crippen LogP contribution is 2.40. The molecular formula is C18H17F4N5. The first kappa shape index (κ1) is 17.7. The van der Waals surface area contributed by atoms with Gasteiger partial charge in [0.05, 0.1) is 6.04 Å². The second-order valence-corrected chi connectivity index (χ2v) is 6.86. The van der Waals surface area contributed by atoms with E-state index >= 15 is 0 Å². The molecular weight excluding hydrogens is 362 g/mol. The van der Waals surface area contributed by atoms with E-state index in [1.807, 2.05) is 17.9 Å². The van der Waals surface area contributed by atoms with E-state index in [0.717, 1.165) is 16.5 Å². The van der Waals surface area contributed by atoms with Crippen molar-refractivity contribution in [3.63, 3.8) is 0 Å². The molecule has 0 aliphatic carbocycles. The Bertz CT molecular complexity index is 997. The summed E-state index contributed by atoms with van der Waals surface area (Å²) in [5, 5.41) is 3.64. The fourth-order valence-corrected chi connectivity index (χ4v) is 3.70. The first-order chi connectivity index (χ1) is 12.7. The molecule has 3 heterocycles. The summed E-state index contributed by atoms with van der Waals surface area (Å²) in [6.07, 6.45) is -3.83. The molecule has 3 aromatic rings. The van der Waals surface area contributed by atoms with E-state index < -0.39 is 12.0 Å². The molecule has 4 rings (SSSR count). The summed E-state index contributed by atoms with van der Waals surface area (Å²) in [7, 11) is 0. The quantitative estimate of drug-likeness (QED) is 0.627. The lowest BCUT2D eigenvalue weighted by Gasteiger charge is -2.29. The highest BCUT2D eigenvalue weighted by Gasteiger charge is 2.38. The van der Waals surface area contributed by atoms with E-state index in [-0.39, 0.29) is 23.6 Å². The molecule has 0 saturated carbocycles. The van der Waals surface area contributed by atoms with Crippen LogP contribution < -0.4 is 4.90 Å². The Hall–Kier alpha value is -2.71. The summed E-state index contributed by atoms with van der Waals surface area (Å²) < 4.78 is 54.1. The van der Waals surface area contributed by atoms with Crippen LogP contribution in [0.15, 0.2) is 30.3 Å². The summed E-state index contributed by atoms with van der Waals surface area (Å²) in [6, 6.07) is 7.81. The number of nitrogens with zero attached hydrogens (tertiary/aromatic N) is 5. The second kappa shape index (κ2) is 6.17. The van der Waals surface area contributed by atoms with Crippen molar-refractivity contribution >= 4 is 11.6 Å². The van der Waals surface area contributed by atoms with Gasteiger partial charge in [0, 0.05) is 18.3 Å². The smallest absolute Gasteiger partial charge is 0.349 e. The van der Waals surface area contributed by atoms with E-state index in [0.29, 0.717) is 18.1 Å². The van der Waals surface area contributed by atoms with Gasteiger partial charge in [-0.1, -0.05) is 19.1 Å². The summed E-state index contributed by atoms with van der Waals surface area (Å²) in [5.74, 6) is -1.01. The van der Waals surface area contributed by atoms with Gasteiger partial charge in [-0.15, -0.1) is 5.10 Å². The molecule has 0 N–H and O–H groups in total. The zero-order valence-electron chi connectivity index (χ0n) is 14.7. The normalized spacial score (nSPS) is 20.6. The third kappa shape index (κ3) is 3.11. The first-order valence-electron chi connectivity index (χ1n) is 8.58. The van der Waals surface area contributed by atoms with Gasteiger partial charge < -0.3 is 4.90 Å². The topological polar surface area (TPSA) is 46.3 Å². The molecule has 27 heavy (non-hydrogen) atoms. The highest BCUT2D eigenvalue weighted by molar-refractivity contribution is 5.51. The van der Waals surface area contributed by atoms with Gasteiger partial charge in [-0.05, 0) is 37.0 Å². The van der Waals surface area contributed by atoms with Crippen molar-refractivity contribution in [3.8, 4) is 0 Å². The maximum Gasteiger partial charge on any atom is 0.453 e. The number of aromatic nitrogens is 4. The number of anilines is 1. The Labute approximate surface area is 152 Å². The van der Waals surface area contributed by atoms with Crippen molar-refractivity contribution in [2.75, 3.05) is 11.4 Å². The number of fused-ring (bicyclic) bond motifs is 1. The van der Waals surface area contributed by atoms with Gasteiger partial charge in [0.25, 0.3) is 11.6 Å². The van der Waals surface area contributed by atoms with Gasteiger partial charge in [0.15, 0.2) is 0 Å². The molecule has 1 aromatic carbocycles. The number of alkyl halides is 3. The first-order valence-corrected chi connectivity index (χ1v) is 8.58. The van der Waals surface area contributed by atoms with Crippen LogP contribution in [0, 0.1) is 18.7 Å². The molecule has 0 bridgehead atoms. The van der Waals surface area contributed by atoms with Gasteiger partial charge in [-0.25, -0.2) is 9.37 Å². The van der Waals surface area contributed by atoms with Crippen LogP contribution in [0.2, 0.25) is 0 Å². The van der Waals surface area contributed by atoms with Crippen LogP contribution in [0.5, 0.6) is 0 Å². The van der Waals surface area contributed by atoms with E-state index in [1.54, 1.807) is 19.1 Å². The molecule has 5 nitrogen and oxygen atoms in total. The van der Waals surface area contributed by atoms with Crippen LogP contribution in [-0.2, 0) is 6.18 Å². The maximum absolute atomic E-state index is 13.7. The fourth-order valence-electron chi connectivity index (χ4n) is 3.70. The van der Waals surface area contributed by atoms with Crippen LogP contribution in [0.4, 0.5) is 23.4 Å². The van der Waals surface area contributed by atoms with Crippen molar-refractivity contribution in [3.05, 3.63) is 53.2 Å². The van der Waals surface area contributed by atoms with Crippen LogP contribution >= 0.6 is 0 Å². The van der Waals surface area contributed by atoms with E-state index in [2.05, 4.69) is 15.1 Å². The molecule has 0 spiro atoms. The summed E-state index contributed by atoms with van der Waals surface area (Å²) in [6.45, 7) is 4.35. The molecule has 1 aliphatic rings. The lowest BCUT2D eigenvalue weighted by atomic mass is 9.95. The van der Waals surface area contributed by atoms with E-state index in [4.69, 9.17) is 0 Å². The van der Waals surface area contributed by atoms with Crippen molar-refractivity contribution in [2.45, 2.75) is 32.5 Å². The van der Waals surface area contributed by atoms with Crippen LogP contribution in [-0.4, -0.2) is 26.1 Å². The van der Waals surface area contributed by atoms with Crippen molar-refractivity contribution in [2.24, 2.45) is 5.92 Å². The Balaban J connectivity index is 1.86. The average Bonchev–Trinajstić information content (AvgIpc) is 3.17. The van der Waals surface area contributed by atoms with Gasteiger partial charge >= 0.3 is 6.18 Å². The standard InChI is InChI=1S/C18H17F4N5/c1-10-6-7-26(15(10)12-4-3-5-13(19)9-12)14-8-11(2)23-17-24-16(18(20,21)22)25-27(14)17/h3-5,8-10,15H,6-7H2,1-2H3. The predicted molar refractivity (Wildman–Crippen MR) is 90.8 cm³/mol. The highest BCUT2D eigenvalue weighted by atomic mass is 19.4. The number of benzene rings is 1. The lowest BCUT2D eigenvalue weighted by Crippen LogP contribution is -2.27. The van der Waals surface area contributed by atoms with Crippen LogP contribution in [0.1, 0.15) is 36.5 Å². The Kier molecular flexibility index (Phi) is 4.05. The van der Waals surface area contributed by atoms with Gasteiger partial charge in [0.2, 0.25) is 0 Å². The van der Waals surface area contributed by atoms with E-state index in [1.165, 1.54) is 12.1 Å². The van der Waals surface area contributed by atoms with Crippen LogP contribution in [0.25, 0.3) is 5.78 Å². The minimum Gasteiger partial charge on any atom is -0.349 e. The zero-order chi connectivity index (χ0) is 19.3. The van der Waals surface area contributed by atoms with Crippen molar-refractivity contribution in [1.82, 2.24) is 19.6 Å². The molecule has 2 atom stereocenters. The van der Waals surface area contributed by atoms with Crippen molar-refractivity contribution < 1.29 is 17.6 Å². The molecule has 0 radical (unpaired) electrons. The van der Waals surface area contributed by atoms with Crippen molar-refractivity contribution in [1.29, 1.82) is 0 Å². The number of hydrogen-bond donors (Lipinski definition) is 0. The largest absolute Gasteiger partial charge is 0.453 e. The number of hydrogen-bond acceptors (Lipinski definition) is 4. The molecule has 1 fully saturated rings. The minimum absolute atomic E-state index is 0.102. The molecule has 1 saturated heterocycles. The van der Waals surface area contributed by atoms with Gasteiger partial charge in [0.1, 0.15) is 11.6 Å². The zero-order valence-corrected chi connectivity index (χ0v) is 14.7. The summed E-state index contributed by atoms with van der Waals surface area (Å²) in [5.41, 5.74) is 1.31. The summed E-state index contributed by atoms with van der Waals surface area (Å²) >= 11 is 0. The predicted octanol–water partition coefficient (Wildman–Crippen LogP) is 4.18. The SMILES string of the molecule is Cc1cc(N2CCC(C)C2c2cccc(F)c2)n2nc(C(F)(F)F)nc2n1. The monoisotopic (exact) mass is 379 g/mol. The molecule has 142 valence electrons. The third-order valence-corrected chi connectivity index (χ3v) is 4.86. The Morgan fingerprint density at radius 1 is 1.15 bits per heavy atom. The molecule has 1 aliphatic heterocycles. The fraction of sp³-hybridized carbons (Fsp3) is 0.389. The Morgan fingerprint density at radius 2 is 1.93 bits per heavy atom. The Morgan fingerprint density at radius 3 is 2.63 bits per heavy atom. The second-order valence-electron chi connectivity index (χ2n) is 6.86. The molecule has 2 unspecified atom stereocenters. The maximum atomic E-state index is 13.7. The molecule has 9 heteroatoms. The van der Waals surface area contributed by atoms with Gasteiger partial charge in [-0.3, -0.25) is 0 Å². The van der Waals surface area contributed by atoms with Gasteiger partial charge in [-0.2, -0.15) is 22.7 Å². The molecule has 0 amide bonds. The number of aryl methyl sites for hydroxylation is 1. The van der Waals surface area contributed by atoms with E-state index in [9.17, 15) is 17.6 Å². The third-order valence-electron chi connectivity index (χ3n) is 4.86. The average molecular weight is 379 g/mol. The number of rotatable bonds is 2. The minimum atomic E-state index is -4.65. The summed E-state index contributed by atoms with van der Waals surface area (Å²) in [4.78, 5) is 9.57. The lowest BCUT2D eigenvalue weighted by molar-refractivity contribution is -0.144. The van der Waals surface area contributed by atoms with Crippen LogP contribution in [0.3, 0.4) is 0 Å².